The Kier molecular flexibility index (Phi) is 11.0. The van der Waals surface area contributed by atoms with Crippen molar-refractivity contribution >= 4 is 29.9 Å². The third-order valence-electron chi connectivity index (χ3n) is 3.55. The number of nitrogens with one attached hydrogen (secondary N) is 2. The number of guanidine groups is 1. The summed E-state index contributed by atoms with van der Waals surface area (Å²) in [7, 11) is 1.78. The number of benzene rings is 1. The quantitative estimate of drug-likeness (QED) is 0.255. The van der Waals surface area contributed by atoms with Gasteiger partial charge >= 0.3 is 0 Å². The van der Waals surface area contributed by atoms with E-state index in [4.69, 9.17) is 4.74 Å². The van der Waals surface area contributed by atoms with Gasteiger partial charge in [-0.05, 0) is 24.5 Å². The molecule has 2 aromatic rings. The van der Waals surface area contributed by atoms with Crippen molar-refractivity contribution < 1.29 is 4.74 Å². The summed E-state index contributed by atoms with van der Waals surface area (Å²) in [5.41, 5.74) is 2.16. The fourth-order valence-corrected chi connectivity index (χ4v) is 2.28. The van der Waals surface area contributed by atoms with Gasteiger partial charge in [-0.15, -0.1) is 24.0 Å². The monoisotopic (exact) mass is 471 g/mol. The van der Waals surface area contributed by atoms with Gasteiger partial charge < -0.3 is 15.4 Å². The lowest BCUT2D eigenvalue weighted by atomic mass is 10.2. The molecule has 144 valence electrons. The van der Waals surface area contributed by atoms with Crippen LogP contribution in [0.1, 0.15) is 25.8 Å². The van der Waals surface area contributed by atoms with Crippen molar-refractivity contribution in [2.24, 2.45) is 10.9 Å². The van der Waals surface area contributed by atoms with Crippen LogP contribution in [0.25, 0.3) is 5.69 Å². The number of hydrogen-bond donors (Lipinski definition) is 2. The second-order valence-electron chi connectivity index (χ2n) is 6.30. The molecule has 0 unspecified atom stereocenters. The fraction of sp³-hybridized carbons (Fsp3) is 0.474. The van der Waals surface area contributed by atoms with Crippen molar-refractivity contribution in [3.8, 4) is 5.69 Å². The molecule has 0 fully saturated rings. The van der Waals surface area contributed by atoms with Crippen LogP contribution in [0.15, 0.2) is 47.7 Å². The van der Waals surface area contributed by atoms with Gasteiger partial charge in [-0.2, -0.15) is 5.10 Å². The summed E-state index contributed by atoms with van der Waals surface area (Å²) in [6.45, 7) is 7.41. The molecule has 0 aliphatic heterocycles. The molecule has 0 saturated carbocycles. The molecule has 0 bridgehead atoms. The van der Waals surface area contributed by atoms with Crippen molar-refractivity contribution in [2.75, 3.05) is 26.8 Å². The Morgan fingerprint density at radius 1 is 1.23 bits per heavy atom. The molecule has 0 aliphatic carbocycles. The zero-order chi connectivity index (χ0) is 17.9. The third kappa shape index (κ3) is 8.18. The van der Waals surface area contributed by atoms with Gasteiger partial charge in [0.05, 0.1) is 11.9 Å². The lowest BCUT2D eigenvalue weighted by Gasteiger charge is -2.11. The molecule has 26 heavy (non-hydrogen) atoms. The minimum atomic E-state index is 0. The second kappa shape index (κ2) is 12.7. The van der Waals surface area contributed by atoms with Crippen LogP contribution in [0.4, 0.5) is 0 Å². The maximum atomic E-state index is 5.57. The second-order valence-corrected chi connectivity index (χ2v) is 6.30. The number of para-hydroxylation sites is 1. The normalized spacial score (nSPS) is 11.3. The molecule has 0 amide bonds. The molecule has 6 nitrogen and oxygen atoms in total. The minimum absolute atomic E-state index is 0. The maximum Gasteiger partial charge on any atom is 0.191 e. The highest BCUT2D eigenvalue weighted by atomic mass is 127. The summed E-state index contributed by atoms with van der Waals surface area (Å²) in [6.07, 6.45) is 4.85. The van der Waals surface area contributed by atoms with E-state index in [1.807, 2.05) is 47.4 Å². The Morgan fingerprint density at radius 2 is 2.00 bits per heavy atom. The Labute approximate surface area is 173 Å². The van der Waals surface area contributed by atoms with E-state index in [1.165, 1.54) is 0 Å². The summed E-state index contributed by atoms with van der Waals surface area (Å²) in [5, 5.41) is 11.0. The molecule has 1 aromatic heterocycles. The van der Waals surface area contributed by atoms with E-state index in [-0.39, 0.29) is 24.0 Å². The van der Waals surface area contributed by atoms with E-state index in [0.717, 1.165) is 43.4 Å². The van der Waals surface area contributed by atoms with Gasteiger partial charge in [0.2, 0.25) is 0 Å². The fourth-order valence-electron chi connectivity index (χ4n) is 2.28. The van der Waals surface area contributed by atoms with Crippen LogP contribution in [0.3, 0.4) is 0 Å². The molecule has 2 N–H and O–H groups in total. The first-order chi connectivity index (χ1) is 12.2. The lowest BCUT2D eigenvalue weighted by molar-refractivity contribution is 0.108. The van der Waals surface area contributed by atoms with Crippen LogP contribution in [-0.4, -0.2) is 42.5 Å². The molecule has 7 heteroatoms. The molecule has 1 aromatic carbocycles. The van der Waals surface area contributed by atoms with Crippen LogP contribution in [-0.2, 0) is 11.3 Å². The molecule has 0 spiro atoms. The summed E-state index contributed by atoms with van der Waals surface area (Å²) in [5.74, 6) is 1.37. The number of aromatic nitrogens is 2. The van der Waals surface area contributed by atoms with Gasteiger partial charge in [0.1, 0.15) is 0 Å². The smallest absolute Gasteiger partial charge is 0.191 e. The lowest BCUT2D eigenvalue weighted by Crippen LogP contribution is -2.37. The average molecular weight is 471 g/mol. The molecule has 1 heterocycles. The highest BCUT2D eigenvalue weighted by Gasteiger charge is 2.02. The van der Waals surface area contributed by atoms with Gasteiger partial charge in [-0.3, -0.25) is 4.99 Å². The highest BCUT2D eigenvalue weighted by molar-refractivity contribution is 14.0. The Balaban J connectivity index is 0.00000338. The van der Waals surface area contributed by atoms with Crippen LogP contribution >= 0.6 is 24.0 Å². The van der Waals surface area contributed by atoms with E-state index >= 15 is 0 Å². The summed E-state index contributed by atoms with van der Waals surface area (Å²) < 4.78 is 7.45. The number of rotatable bonds is 9. The van der Waals surface area contributed by atoms with Gasteiger partial charge in [0.15, 0.2) is 5.96 Å². The van der Waals surface area contributed by atoms with Crippen molar-refractivity contribution in [2.45, 2.75) is 26.8 Å². The molecular weight excluding hydrogens is 441 g/mol. The van der Waals surface area contributed by atoms with E-state index in [0.29, 0.717) is 12.5 Å². The summed E-state index contributed by atoms with van der Waals surface area (Å²) in [6, 6.07) is 10.1. The van der Waals surface area contributed by atoms with E-state index in [1.54, 1.807) is 7.05 Å². The highest BCUT2D eigenvalue weighted by Crippen LogP contribution is 2.07. The number of hydrogen-bond acceptors (Lipinski definition) is 3. The van der Waals surface area contributed by atoms with Gasteiger partial charge in [-0.1, -0.05) is 32.0 Å². The summed E-state index contributed by atoms with van der Waals surface area (Å²) in [4.78, 5) is 4.24. The zero-order valence-electron chi connectivity index (χ0n) is 15.8. The third-order valence-corrected chi connectivity index (χ3v) is 3.55. The van der Waals surface area contributed by atoms with E-state index < -0.39 is 0 Å². The first-order valence-corrected chi connectivity index (χ1v) is 8.80. The zero-order valence-corrected chi connectivity index (χ0v) is 18.1. The van der Waals surface area contributed by atoms with E-state index in [9.17, 15) is 0 Å². The number of halogens is 1. The molecular formula is C19H30IN5O. The van der Waals surface area contributed by atoms with Gasteiger partial charge in [0, 0.05) is 45.1 Å². The van der Waals surface area contributed by atoms with Gasteiger partial charge in [0.25, 0.3) is 0 Å². The van der Waals surface area contributed by atoms with Crippen LogP contribution < -0.4 is 10.6 Å². The number of aliphatic imine (C=N–C) groups is 1. The predicted molar refractivity (Wildman–Crippen MR) is 117 cm³/mol. The number of ether oxygens (including phenoxy) is 1. The Bertz CT molecular complexity index is 642. The molecule has 0 atom stereocenters. The van der Waals surface area contributed by atoms with E-state index in [2.05, 4.69) is 34.6 Å². The predicted octanol–water partition coefficient (Wildman–Crippen LogP) is 3.22. The van der Waals surface area contributed by atoms with Crippen LogP contribution in [0, 0.1) is 5.92 Å². The Morgan fingerprint density at radius 3 is 2.69 bits per heavy atom. The maximum absolute atomic E-state index is 5.57. The topological polar surface area (TPSA) is 63.5 Å². The molecule has 0 aliphatic rings. The van der Waals surface area contributed by atoms with Crippen molar-refractivity contribution in [3.05, 3.63) is 48.3 Å². The summed E-state index contributed by atoms with van der Waals surface area (Å²) >= 11 is 0. The van der Waals surface area contributed by atoms with Crippen molar-refractivity contribution in [1.29, 1.82) is 0 Å². The SMILES string of the molecule is CN=C(NCCCOCC(C)C)NCc1cnn(-c2ccccc2)c1.I. The first kappa shape index (κ1) is 22.4. The van der Waals surface area contributed by atoms with Crippen molar-refractivity contribution in [3.63, 3.8) is 0 Å². The van der Waals surface area contributed by atoms with Crippen molar-refractivity contribution in [1.82, 2.24) is 20.4 Å². The van der Waals surface area contributed by atoms with Gasteiger partial charge in [-0.25, -0.2) is 4.68 Å². The molecule has 2 rings (SSSR count). The minimum Gasteiger partial charge on any atom is -0.381 e. The molecule has 0 saturated heterocycles. The van der Waals surface area contributed by atoms with Crippen LogP contribution in [0.2, 0.25) is 0 Å². The number of nitrogens with zero attached hydrogens (tertiary/aromatic N) is 3. The van der Waals surface area contributed by atoms with Crippen LogP contribution in [0.5, 0.6) is 0 Å². The standard InChI is InChI=1S/C19H29N5O.HI/c1-16(2)15-25-11-7-10-21-19(20-3)22-12-17-13-23-24(14-17)18-8-5-4-6-9-18;/h4-6,8-9,13-14,16H,7,10-12,15H2,1-3H3,(H2,20,21,22);1H. The largest absolute Gasteiger partial charge is 0.381 e. The molecule has 0 radical (unpaired) electrons. The Hall–Kier alpha value is -1.61. The first-order valence-electron chi connectivity index (χ1n) is 8.80. The average Bonchev–Trinajstić information content (AvgIpc) is 3.10.